The summed E-state index contributed by atoms with van der Waals surface area (Å²) in [4.78, 5) is 0. The quantitative estimate of drug-likeness (QED) is 0.731. The first kappa shape index (κ1) is 12.0. The van der Waals surface area contributed by atoms with Crippen LogP contribution in [0.2, 0.25) is 0 Å². The first-order valence-electron chi connectivity index (χ1n) is 6.32. The summed E-state index contributed by atoms with van der Waals surface area (Å²) in [5.74, 6) is 0.651. The second-order valence-corrected chi connectivity index (χ2v) is 5.27. The summed E-state index contributed by atoms with van der Waals surface area (Å²) < 4.78 is 19.0. The molecule has 2 aromatic carbocycles. The molecule has 0 radical (unpaired) electrons. The van der Waals surface area contributed by atoms with Gasteiger partial charge in [0.15, 0.2) is 0 Å². The highest BCUT2D eigenvalue weighted by Crippen LogP contribution is 2.38. The van der Waals surface area contributed by atoms with E-state index in [9.17, 15) is 4.39 Å². The molecule has 0 spiro atoms. The lowest BCUT2D eigenvalue weighted by molar-refractivity contribution is 0.158. The van der Waals surface area contributed by atoms with E-state index >= 15 is 0 Å². The van der Waals surface area contributed by atoms with Gasteiger partial charge in [-0.15, -0.1) is 0 Å². The van der Waals surface area contributed by atoms with Crippen molar-refractivity contribution in [1.29, 1.82) is 0 Å². The second kappa shape index (κ2) is 4.23. The topological polar surface area (TPSA) is 9.23 Å². The van der Waals surface area contributed by atoms with Crippen LogP contribution in [0.5, 0.6) is 5.75 Å². The zero-order valence-electron chi connectivity index (χ0n) is 11.0. The van der Waals surface area contributed by atoms with Crippen molar-refractivity contribution in [3.8, 4) is 5.75 Å². The molecule has 0 bridgehead atoms. The molecule has 3 rings (SSSR count). The molecule has 0 fully saturated rings. The third kappa shape index (κ3) is 2.26. The zero-order chi connectivity index (χ0) is 13.5. The van der Waals surface area contributed by atoms with Gasteiger partial charge in [0.1, 0.15) is 17.2 Å². The maximum atomic E-state index is 13.1. The summed E-state index contributed by atoms with van der Waals surface area (Å²) in [5, 5.41) is 0. The number of hydrogen-bond donors (Lipinski definition) is 0. The molecule has 1 aliphatic heterocycles. The molecule has 1 aliphatic rings. The first-order chi connectivity index (χ1) is 9.05. The first-order valence-corrected chi connectivity index (χ1v) is 6.32. The monoisotopic (exact) mass is 254 g/mol. The van der Waals surface area contributed by atoms with E-state index in [2.05, 4.69) is 6.08 Å². The summed E-state index contributed by atoms with van der Waals surface area (Å²) in [6.45, 7) is 4.04. The van der Waals surface area contributed by atoms with Crippen LogP contribution in [0.25, 0.3) is 5.57 Å². The molecule has 1 nitrogen and oxygen atoms in total. The SMILES string of the molecule is CC1(C)C=C(c2ccc(F)cc2)c2ccccc2O1. The van der Waals surface area contributed by atoms with Crippen molar-refractivity contribution in [3.63, 3.8) is 0 Å². The van der Waals surface area contributed by atoms with Gasteiger partial charge in [0, 0.05) is 5.56 Å². The maximum Gasteiger partial charge on any atom is 0.128 e. The van der Waals surface area contributed by atoms with Crippen LogP contribution < -0.4 is 4.74 Å². The van der Waals surface area contributed by atoms with Gasteiger partial charge in [-0.3, -0.25) is 0 Å². The second-order valence-electron chi connectivity index (χ2n) is 5.27. The lowest BCUT2D eigenvalue weighted by atomic mass is 9.90. The molecule has 1 heterocycles. The van der Waals surface area contributed by atoms with Crippen molar-refractivity contribution >= 4 is 5.57 Å². The molecule has 96 valence electrons. The minimum Gasteiger partial charge on any atom is -0.483 e. The Balaban J connectivity index is 2.17. The van der Waals surface area contributed by atoms with Gasteiger partial charge in [-0.2, -0.15) is 0 Å². The van der Waals surface area contributed by atoms with E-state index in [1.165, 1.54) is 12.1 Å². The summed E-state index contributed by atoms with van der Waals surface area (Å²) in [6.07, 6.45) is 2.09. The standard InChI is InChI=1S/C17H15FO/c1-17(2)11-15(12-7-9-13(18)10-8-12)14-5-3-4-6-16(14)19-17/h3-11H,1-2H3. The molecule has 19 heavy (non-hydrogen) atoms. The molecule has 0 atom stereocenters. The van der Waals surface area contributed by atoms with Crippen LogP contribution in [-0.4, -0.2) is 5.60 Å². The molecule has 0 amide bonds. The highest BCUT2D eigenvalue weighted by molar-refractivity contribution is 5.84. The van der Waals surface area contributed by atoms with Gasteiger partial charge in [0.2, 0.25) is 0 Å². The fraction of sp³-hybridized carbons (Fsp3) is 0.176. The molecule has 0 N–H and O–H groups in total. The third-order valence-electron chi connectivity index (χ3n) is 3.20. The number of rotatable bonds is 1. The highest BCUT2D eigenvalue weighted by atomic mass is 19.1. The fourth-order valence-electron chi connectivity index (χ4n) is 2.38. The molecule has 0 saturated heterocycles. The fourth-order valence-corrected chi connectivity index (χ4v) is 2.38. The Morgan fingerprint density at radius 3 is 2.37 bits per heavy atom. The smallest absolute Gasteiger partial charge is 0.128 e. The van der Waals surface area contributed by atoms with E-state index in [1.54, 1.807) is 12.1 Å². The molecule has 0 aromatic heterocycles. The van der Waals surface area contributed by atoms with Gasteiger partial charge >= 0.3 is 0 Å². The summed E-state index contributed by atoms with van der Waals surface area (Å²) >= 11 is 0. The summed E-state index contributed by atoms with van der Waals surface area (Å²) in [5.41, 5.74) is 2.78. The number of benzene rings is 2. The molecule has 2 heteroatoms. The number of halogens is 1. The molecule has 0 unspecified atom stereocenters. The third-order valence-corrected chi connectivity index (χ3v) is 3.20. The lowest BCUT2D eigenvalue weighted by Gasteiger charge is -2.31. The molecular weight excluding hydrogens is 239 g/mol. The molecule has 2 aromatic rings. The Kier molecular flexibility index (Phi) is 2.67. The number of hydrogen-bond acceptors (Lipinski definition) is 1. The van der Waals surface area contributed by atoms with Gasteiger partial charge in [0.05, 0.1) is 0 Å². The van der Waals surface area contributed by atoms with Crippen LogP contribution in [0, 0.1) is 5.82 Å². The van der Waals surface area contributed by atoms with E-state index in [-0.39, 0.29) is 11.4 Å². The average molecular weight is 254 g/mol. The van der Waals surface area contributed by atoms with Crippen molar-refractivity contribution in [2.75, 3.05) is 0 Å². The van der Waals surface area contributed by atoms with Gasteiger partial charge in [-0.1, -0.05) is 30.3 Å². The van der Waals surface area contributed by atoms with Crippen molar-refractivity contribution in [2.24, 2.45) is 0 Å². The van der Waals surface area contributed by atoms with Crippen molar-refractivity contribution in [3.05, 3.63) is 71.6 Å². The van der Waals surface area contributed by atoms with E-state index in [1.807, 2.05) is 38.1 Å². The van der Waals surface area contributed by atoms with Crippen LogP contribution in [0.15, 0.2) is 54.6 Å². The minimum atomic E-state index is -0.363. The van der Waals surface area contributed by atoms with Crippen molar-refractivity contribution < 1.29 is 9.13 Å². The largest absolute Gasteiger partial charge is 0.483 e. The number of ether oxygens (including phenoxy) is 1. The normalized spacial score (nSPS) is 16.3. The predicted octanol–water partition coefficient (Wildman–Crippen LogP) is 4.43. The van der Waals surface area contributed by atoms with E-state index in [0.29, 0.717) is 0 Å². The highest BCUT2D eigenvalue weighted by Gasteiger charge is 2.26. The van der Waals surface area contributed by atoms with Gasteiger partial charge in [-0.05, 0) is 49.3 Å². The molecule has 0 saturated carbocycles. The van der Waals surface area contributed by atoms with E-state index < -0.39 is 0 Å². The van der Waals surface area contributed by atoms with E-state index in [0.717, 1.165) is 22.4 Å². The van der Waals surface area contributed by atoms with Gasteiger partial charge in [0.25, 0.3) is 0 Å². The van der Waals surface area contributed by atoms with Crippen LogP contribution in [0.3, 0.4) is 0 Å². The Hall–Kier alpha value is -2.09. The summed E-state index contributed by atoms with van der Waals surface area (Å²) in [7, 11) is 0. The Morgan fingerprint density at radius 2 is 1.63 bits per heavy atom. The van der Waals surface area contributed by atoms with Crippen LogP contribution in [-0.2, 0) is 0 Å². The maximum absolute atomic E-state index is 13.1. The van der Waals surface area contributed by atoms with Crippen LogP contribution in [0.4, 0.5) is 4.39 Å². The average Bonchev–Trinajstić information content (AvgIpc) is 2.37. The predicted molar refractivity (Wildman–Crippen MR) is 74.6 cm³/mol. The van der Waals surface area contributed by atoms with Crippen molar-refractivity contribution in [1.82, 2.24) is 0 Å². The zero-order valence-corrected chi connectivity index (χ0v) is 11.0. The molecule has 0 aliphatic carbocycles. The van der Waals surface area contributed by atoms with Crippen LogP contribution in [0.1, 0.15) is 25.0 Å². The number of fused-ring (bicyclic) bond motifs is 1. The lowest BCUT2D eigenvalue weighted by Crippen LogP contribution is -2.29. The van der Waals surface area contributed by atoms with E-state index in [4.69, 9.17) is 4.74 Å². The number of para-hydroxylation sites is 1. The Morgan fingerprint density at radius 1 is 0.947 bits per heavy atom. The van der Waals surface area contributed by atoms with Gasteiger partial charge < -0.3 is 4.74 Å². The minimum absolute atomic E-state index is 0.219. The molecular formula is C17H15FO. The Bertz CT molecular complexity index is 639. The Labute approximate surface area is 112 Å². The van der Waals surface area contributed by atoms with Crippen LogP contribution >= 0.6 is 0 Å². The van der Waals surface area contributed by atoms with Crippen molar-refractivity contribution in [2.45, 2.75) is 19.4 Å². The van der Waals surface area contributed by atoms with Gasteiger partial charge in [-0.25, -0.2) is 4.39 Å². The summed E-state index contributed by atoms with van der Waals surface area (Å²) in [6, 6.07) is 14.5.